The van der Waals surface area contributed by atoms with Gasteiger partial charge >= 0.3 is 0 Å². The predicted molar refractivity (Wildman–Crippen MR) is 122 cm³/mol. The van der Waals surface area contributed by atoms with Crippen LogP contribution in [0.3, 0.4) is 0 Å². The molecule has 0 aliphatic carbocycles. The predicted octanol–water partition coefficient (Wildman–Crippen LogP) is 4.10. The first-order valence-electron chi connectivity index (χ1n) is 10.3. The molecule has 0 saturated carbocycles. The maximum absolute atomic E-state index is 13.3. The number of ether oxygens (including phenoxy) is 1. The van der Waals surface area contributed by atoms with Crippen molar-refractivity contribution in [1.29, 1.82) is 0 Å². The van der Waals surface area contributed by atoms with Gasteiger partial charge in [-0.15, -0.1) is 0 Å². The number of amides is 1. The minimum absolute atomic E-state index is 0.170. The number of nitrogens with zero attached hydrogens (tertiary/aromatic N) is 3. The monoisotopic (exact) mass is 436 g/mol. The van der Waals surface area contributed by atoms with Crippen LogP contribution in [0.15, 0.2) is 54.7 Å². The highest BCUT2D eigenvalue weighted by atomic mass is 35.5. The van der Waals surface area contributed by atoms with Gasteiger partial charge in [-0.1, -0.05) is 71.3 Å². The van der Waals surface area contributed by atoms with Crippen LogP contribution in [0.1, 0.15) is 38.8 Å². The summed E-state index contributed by atoms with van der Waals surface area (Å²) in [6, 6.07) is 15.9. The fourth-order valence-electron chi connectivity index (χ4n) is 3.69. The van der Waals surface area contributed by atoms with E-state index in [0.717, 1.165) is 22.3 Å². The van der Waals surface area contributed by atoms with Crippen LogP contribution >= 0.6 is 11.6 Å². The lowest BCUT2D eigenvalue weighted by atomic mass is 9.96. The number of carbonyl (C=O) groups is 1. The third-order valence-electron chi connectivity index (χ3n) is 5.27. The van der Waals surface area contributed by atoms with E-state index >= 15 is 0 Å². The maximum Gasteiger partial charge on any atom is 0.272 e. The summed E-state index contributed by atoms with van der Waals surface area (Å²) in [6.45, 7) is 6.64. The molecule has 1 aliphatic heterocycles. The average molecular weight is 437 g/mol. The number of hydrogen-bond donors (Lipinski definition) is 1. The van der Waals surface area contributed by atoms with Crippen LogP contribution in [-0.4, -0.2) is 42.2 Å². The number of anilines is 1. The number of carbonyl (C=O) groups excluding carboxylic acids is 1. The van der Waals surface area contributed by atoms with Crippen molar-refractivity contribution >= 4 is 23.5 Å². The van der Waals surface area contributed by atoms with Crippen molar-refractivity contribution in [3.8, 4) is 0 Å². The molecule has 7 heteroatoms. The molecule has 1 aromatic heterocycles. The normalized spacial score (nSPS) is 14.0. The van der Waals surface area contributed by atoms with E-state index < -0.39 is 0 Å². The summed E-state index contributed by atoms with van der Waals surface area (Å²) in [5.74, 6) is 0.149. The molecule has 1 saturated heterocycles. The van der Waals surface area contributed by atoms with Crippen molar-refractivity contribution in [2.75, 3.05) is 31.2 Å². The molecule has 0 atom stereocenters. The fourth-order valence-corrected chi connectivity index (χ4v) is 3.87. The first-order chi connectivity index (χ1) is 15.0. The number of aryl methyl sites for hydroxylation is 2. The fraction of sp³-hybridized carbons (Fsp3) is 0.292. The Morgan fingerprint density at radius 1 is 1.06 bits per heavy atom. The van der Waals surface area contributed by atoms with Crippen molar-refractivity contribution in [2.45, 2.75) is 19.9 Å². The number of nitrogens with one attached hydrogen (secondary N) is 1. The summed E-state index contributed by atoms with van der Waals surface area (Å²) >= 11 is 6.33. The molecule has 0 radical (unpaired) electrons. The number of hydrogen-bond acceptors (Lipinski definition) is 5. The topological polar surface area (TPSA) is 67.4 Å². The van der Waals surface area contributed by atoms with Gasteiger partial charge in [0.1, 0.15) is 0 Å². The van der Waals surface area contributed by atoms with E-state index in [4.69, 9.17) is 16.3 Å². The molecule has 31 heavy (non-hydrogen) atoms. The number of rotatable bonds is 5. The molecule has 1 fully saturated rings. The third-order valence-corrected chi connectivity index (χ3v) is 5.54. The van der Waals surface area contributed by atoms with E-state index in [1.807, 2.05) is 55.1 Å². The summed E-state index contributed by atoms with van der Waals surface area (Å²) < 4.78 is 5.39. The Morgan fingerprint density at radius 2 is 1.68 bits per heavy atom. The van der Waals surface area contributed by atoms with Gasteiger partial charge in [0.15, 0.2) is 5.69 Å². The Hall–Kier alpha value is -2.96. The van der Waals surface area contributed by atoms with Crippen LogP contribution in [0.5, 0.6) is 0 Å². The van der Waals surface area contributed by atoms with Gasteiger partial charge in [0.25, 0.3) is 5.91 Å². The standard InChI is InChI=1S/C24H25ClN4O2/c1-16-5-3-7-18(13-16)21(19-8-4-6-17(2)14-19)27-23(30)22-20(25)15-26-24(28-22)29-9-11-31-12-10-29/h3-8,13-15,21H,9-12H2,1-2H3,(H,27,30). The van der Waals surface area contributed by atoms with Crippen molar-refractivity contribution in [3.63, 3.8) is 0 Å². The first kappa shape index (κ1) is 21.3. The minimum Gasteiger partial charge on any atom is -0.378 e. The van der Waals surface area contributed by atoms with E-state index in [-0.39, 0.29) is 22.7 Å². The van der Waals surface area contributed by atoms with Crippen LogP contribution in [0.25, 0.3) is 0 Å². The Labute approximate surface area is 187 Å². The second-order valence-electron chi connectivity index (χ2n) is 7.70. The largest absolute Gasteiger partial charge is 0.378 e. The highest BCUT2D eigenvalue weighted by Crippen LogP contribution is 2.25. The highest BCUT2D eigenvalue weighted by molar-refractivity contribution is 6.33. The molecule has 2 heterocycles. The van der Waals surface area contributed by atoms with Crippen molar-refractivity contribution in [2.24, 2.45) is 0 Å². The molecular weight excluding hydrogens is 412 g/mol. The Kier molecular flexibility index (Phi) is 6.49. The summed E-state index contributed by atoms with van der Waals surface area (Å²) in [6.07, 6.45) is 1.49. The van der Waals surface area contributed by atoms with Gasteiger partial charge < -0.3 is 15.0 Å². The molecule has 1 N–H and O–H groups in total. The summed E-state index contributed by atoms with van der Waals surface area (Å²) in [5.41, 5.74) is 4.41. The van der Waals surface area contributed by atoms with Gasteiger partial charge in [-0.2, -0.15) is 0 Å². The smallest absolute Gasteiger partial charge is 0.272 e. The maximum atomic E-state index is 13.3. The van der Waals surface area contributed by atoms with E-state index in [2.05, 4.69) is 27.4 Å². The third kappa shape index (κ3) is 5.03. The van der Waals surface area contributed by atoms with E-state index in [9.17, 15) is 4.79 Å². The molecule has 0 bridgehead atoms. The lowest BCUT2D eigenvalue weighted by Gasteiger charge is -2.27. The molecule has 1 aliphatic rings. The van der Waals surface area contributed by atoms with Gasteiger partial charge in [0, 0.05) is 13.1 Å². The van der Waals surface area contributed by atoms with Crippen LogP contribution in [0.4, 0.5) is 5.95 Å². The van der Waals surface area contributed by atoms with E-state index in [1.165, 1.54) is 6.20 Å². The Morgan fingerprint density at radius 3 is 2.26 bits per heavy atom. The lowest BCUT2D eigenvalue weighted by molar-refractivity contribution is 0.0937. The zero-order valence-corrected chi connectivity index (χ0v) is 18.4. The Balaban J connectivity index is 1.66. The number of halogens is 1. The molecule has 1 amide bonds. The molecule has 0 spiro atoms. The second-order valence-corrected chi connectivity index (χ2v) is 8.11. The molecule has 3 aromatic rings. The average Bonchev–Trinajstić information content (AvgIpc) is 2.78. The van der Waals surface area contributed by atoms with Gasteiger partial charge in [-0.3, -0.25) is 4.79 Å². The van der Waals surface area contributed by atoms with Crippen molar-refractivity contribution in [3.05, 3.63) is 87.7 Å². The first-order valence-corrected chi connectivity index (χ1v) is 10.7. The second kappa shape index (κ2) is 9.45. The minimum atomic E-state index is -0.338. The zero-order chi connectivity index (χ0) is 21.8. The van der Waals surface area contributed by atoms with Gasteiger partial charge in [0.05, 0.1) is 30.5 Å². The highest BCUT2D eigenvalue weighted by Gasteiger charge is 2.23. The van der Waals surface area contributed by atoms with Gasteiger partial charge in [0.2, 0.25) is 5.95 Å². The van der Waals surface area contributed by atoms with Crippen molar-refractivity contribution < 1.29 is 9.53 Å². The van der Waals surface area contributed by atoms with E-state index in [0.29, 0.717) is 32.3 Å². The molecular formula is C24H25ClN4O2. The molecule has 6 nitrogen and oxygen atoms in total. The molecule has 160 valence electrons. The van der Waals surface area contributed by atoms with Crippen LogP contribution < -0.4 is 10.2 Å². The number of morpholine rings is 1. The van der Waals surface area contributed by atoms with E-state index in [1.54, 1.807) is 0 Å². The Bertz CT molecular complexity index is 1040. The molecule has 0 unspecified atom stereocenters. The summed E-state index contributed by atoms with van der Waals surface area (Å²) in [4.78, 5) is 24.1. The van der Waals surface area contributed by atoms with Crippen molar-refractivity contribution in [1.82, 2.24) is 15.3 Å². The molecule has 2 aromatic carbocycles. The number of aromatic nitrogens is 2. The summed E-state index contributed by atoms with van der Waals surface area (Å²) in [7, 11) is 0. The lowest BCUT2D eigenvalue weighted by Crippen LogP contribution is -2.38. The zero-order valence-electron chi connectivity index (χ0n) is 17.6. The number of benzene rings is 2. The SMILES string of the molecule is Cc1cccc(C(NC(=O)c2nc(N3CCOCC3)ncc2Cl)c2cccc(C)c2)c1. The van der Waals surface area contributed by atoms with Crippen LogP contribution in [0, 0.1) is 13.8 Å². The van der Waals surface area contributed by atoms with Gasteiger partial charge in [-0.05, 0) is 25.0 Å². The molecule has 4 rings (SSSR count). The summed E-state index contributed by atoms with van der Waals surface area (Å²) in [5, 5.41) is 3.36. The van der Waals surface area contributed by atoms with Crippen LogP contribution in [-0.2, 0) is 4.74 Å². The quantitative estimate of drug-likeness (QED) is 0.652. The van der Waals surface area contributed by atoms with Crippen LogP contribution in [0.2, 0.25) is 5.02 Å². The van der Waals surface area contributed by atoms with Gasteiger partial charge in [-0.25, -0.2) is 9.97 Å².